The average Bonchev–Trinajstić information content (AvgIpc) is 2.47. The van der Waals surface area contributed by atoms with Crippen molar-refractivity contribution in [1.82, 2.24) is 9.97 Å². The summed E-state index contributed by atoms with van der Waals surface area (Å²) in [6.45, 7) is 5.55. The lowest BCUT2D eigenvalue weighted by molar-refractivity contribution is 0.340. The van der Waals surface area contributed by atoms with Gasteiger partial charge in [0.15, 0.2) is 0 Å². The van der Waals surface area contributed by atoms with Crippen LogP contribution in [-0.4, -0.2) is 23.1 Å². The van der Waals surface area contributed by atoms with Crippen molar-refractivity contribution >= 4 is 23.3 Å². The van der Waals surface area contributed by atoms with Gasteiger partial charge in [-0.2, -0.15) is 9.97 Å². The number of hydrogen-bond acceptors (Lipinski definition) is 6. The van der Waals surface area contributed by atoms with Gasteiger partial charge in [-0.3, -0.25) is 0 Å². The Kier molecular flexibility index (Phi) is 5.20. The summed E-state index contributed by atoms with van der Waals surface area (Å²) in [5.41, 5.74) is 6.64. The molecule has 0 fully saturated rings. The highest BCUT2D eigenvalue weighted by atomic mass is 16.5. The standard InChI is InChI=1S/C15H21N5O/c1-3-9-17-13-10-14(20-15(16)19-13)18-11-5-7-12(8-6-11)21-4-2/h5-8,10H,3-4,9H2,1-2H3,(H4,16,17,18,19,20). The molecule has 0 amide bonds. The Hall–Kier alpha value is -2.50. The number of anilines is 4. The van der Waals surface area contributed by atoms with Crippen LogP contribution < -0.4 is 21.1 Å². The molecule has 0 aliphatic carbocycles. The lowest BCUT2D eigenvalue weighted by Gasteiger charge is -2.10. The molecule has 1 heterocycles. The fraction of sp³-hybridized carbons (Fsp3) is 0.333. The van der Waals surface area contributed by atoms with Crippen molar-refractivity contribution < 1.29 is 4.74 Å². The maximum atomic E-state index is 5.73. The Bertz CT molecular complexity index is 571. The van der Waals surface area contributed by atoms with Crippen LogP contribution >= 0.6 is 0 Å². The molecular weight excluding hydrogens is 266 g/mol. The van der Waals surface area contributed by atoms with E-state index in [1.807, 2.05) is 37.3 Å². The molecule has 0 atom stereocenters. The van der Waals surface area contributed by atoms with Gasteiger partial charge in [-0.05, 0) is 37.6 Å². The van der Waals surface area contributed by atoms with E-state index in [-0.39, 0.29) is 5.95 Å². The van der Waals surface area contributed by atoms with E-state index in [2.05, 4.69) is 27.5 Å². The summed E-state index contributed by atoms with van der Waals surface area (Å²) >= 11 is 0. The molecule has 1 aromatic heterocycles. The fourth-order valence-electron chi connectivity index (χ4n) is 1.82. The summed E-state index contributed by atoms with van der Waals surface area (Å²) in [7, 11) is 0. The van der Waals surface area contributed by atoms with E-state index in [0.717, 1.165) is 30.2 Å². The average molecular weight is 287 g/mol. The lowest BCUT2D eigenvalue weighted by Crippen LogP contribution is -2.06. The maximum absolute atomic E-state index is 5.73. The van der Waals surface area contributed by atoms with E-state index >= 15 is 0 Å². The molecule has 21 heavy (non-hydrogen) atoms. The first-order valence-electron chi connectivity index (χ1n) is 7.09. The zero-order valence-electron chi connectivity index (χ0n) is 12.4. The van der Waals surface area contributed by atoms with E-state index in [0.29, 0.717) is 12.4 Å². The van der Waals surface area contributed by atoms with Gasteiger partial charge in [-0.25, -0.2) is 0 Å². The van der Waals surface area contributed by atoms with Crippen LogP contribution in [0.2, 0.25) is 0 Å². The van der Waals surface area contributed by atoms with E-state index in [1.165, 1.54) is 0 Å². The molecule has 0 aliphatic rings. The first-order chi connectivity index (χ1) is 10.2. The van der Waals surface area contributed by atoms with Crippen LogP contribution in [0.1, 0.15) is 20.3 Å². The van der Waals surface area contributed by atoms with Crippen LogP contribution in [0.15, 0.2) is 30.3 Å². The third kappa shape index (κ3) is 4.52. The quantitative estimate of drug-likeness (QED) is 0.726. The molecule has 0 aliphatic heterocycles. The van der Waals surface area contributed by atoms with E-state index in [9.17, 15) is 0 Å². The number of benzene rings is 1. The van der Waals surface area contributed by atoms with Crippen LogP contribution in [0.4, 0.5) is 23.3 Å². The Balaban J connectivity index is 2.09. The molecule has 0 bridgehead atoms. The van der Waals surface area contributed by atoms with Crippen LogP contribution in [0.5, 0.6) is 5.75 Å². The SMILES string of the molecule is CCCNc1cc(Nc2ccc(OCC)cc2)nc(N)n1. The minimum Gasteiger partial charge on any atom is -0.494 e. The summed E-state index contributed by atoms with van der Waals surface area (Å²) in [4.78, 5) is 8.33. The minimum atomic E-state index is 0.240. The van der Waals surface area contributed by atoms with E-state index in [4.69, 9.17) is 10.5 Å². The van der Waals surface area contributed by atoms with Crippen molar-refractivity contribution in [2.75, 3.05) is 29.5 Å². The van der Waals surface area contributed by atoms with Gasteiger partial charge in [0, 0.05) is 18.3 Å². The molecule has 2 aromatic rings. The first kappa shape index (κ1) is 14.9. The topological polar surface area (TPSA) is 85.1 Å². The second kappa shape index (κ2) is 7.33. The molecule has 6 heteroatoms. The van der Waals surface area contributed by atoms with Gasteiger partial charge in [-0.15, -0.1) is 0 Å². The molecular formula is C15H21N5O. The number of nitrogen functional groups attached to an aromatic ring is 1. The number of nitrogens with two attached hydrogens (primary N) is 1. The normalized spacial score (nSPS) is 10.2. The van der Waals surface area contributed by atoms with Crippen molar-refractivity contribution in [2.45, 2.75) is 20.3 Å². The van der Waals surface area contributed by atoms with Gasteiger partial charge in [-0.1, -0.05) is 6.92 Å². The molecule has 6 nitrogen and oxygen atoms in total. The molecule has 0 spiro atoms. The molecule has 1 aromatic carbocycles. The summed E-state index contributed by atoms with van der Waals surface area (Å²) < 4.78 is 5.41. The smallest absolute Gasteiger partial charge is 0.223 e. The van der Waals surface area contributed by atoms with Gasteiger partial charge < -0.3 is 21.1 Å². The van der Waals surface area contributed by atoms with Crippen LogP contribution in [0, 0.1) is 0 Å². The lowest BCUT2D eigenvalue weighted by atomic mass is 10.3. The molecule has 2 rings (SSSR count). The molecule has 0 radical (unpaired) electrons. The maximum Gasteiger partial charge on any atom is 0.223 e. The Labute approximate surface area is 124 Å². The molecule has 0 saturated heterocycles. The summed E-state index contributed by atoms with van der Waals surface area (Å²) in [6, 6.07) is 9.52. The summed E-state index contributed by atoms with van der Waals surface area (Å²) in [5, 5.41) is 6.40. The Morgan fingerprint density at radius 2 is 1.81 bits per heavy atom. The third-order valence-corrected chi connectivity index (χ3v) is 2.74. The van der Waals surface area contributed by atoms with Crippen LogP contribution in [0.3, 0.4) is 0 Å². The monoisotopic (exact) mass is 287 g/mol. The van der Waals surface area contributed by atoms with Crippen molar-refractivity contribution in [3.05, 3.63) is 30.3 Å². The fourth-order valence-corrected chi connectivity index (χ4v) is 1.82. The highest BCUT2D eigenvalue weighted by Crippen LogP contribution is 2.21. The van der Waals surface area contributed by atoms with Gasteiger partial charge in [0.05, 0.1) is 6.61 Å². The molecule has 4 N–H and O–H groups in total. The van der Waals surface area contributed by atoms with Gasteiger partial charge in [0.1, 0.15) is 17.4 Å². The highest BCUT2D eigenvalue weighted by molar-refractivity contribution is 5.61. The highest BCUT2D eigenvalue weighted by Gasteiger charge is 2.03. The van der Waals surface area contributed by atoms with Gasteiger partial charge in [0.2, 0.25) is 5.95 Å². The van der Waals surface area contributed by atoms with Crippen molar-refractivity contribution in [3.8, 4) is 5.75 Å². The van der Waals surface area contributed by atoms with Crippen LogP contribution in [0.25, 0.3) is 0 Å². The first-order valence-corrected chi connectivity index (χ1v) is 7.09. The second-order valence-corrected chi connectivity index (χ2v) is 4.51. The molecule has 112 valence electrons. The predicted octanol–water partition coefficient (Wildman–Crippen LogP) is 3.02. The van der Waals surface area contributed by atoms with E-state index in [1.54, 1.807) is 0 Å². The number of hydrogen-bond donors (Lipinski definition) is 3. The molecule has 0 unspecified atom stereocenters. The summed E-state index contributed by atoms with van der Waals surface area (Å²) in [6.07, 6.45) is 1.02. The van der Waals surface area contributed by atoms with Crippen LogP contribution in [-0.2, 0) is 0 Å². The number of ether oxygens (including phenoxy) is 1. The zero-order valence-corrected chi connectivity index (χ0v) is 12.4. The number of aromatic nitrogens is 2. The van der Waals surface area contributed by atoms with Gasteiger partial charge in [0.25, 0.3) is 0 Å². The van der Waals surface area contributed by atoms with Crippen molar-refractivity contribution in [1.29, 1.82) is 0 Å². The zero-order chi connectivity index (χ0) is 15.1. The minimum absolute atomic E-state index is 0.240. The number of nitrogens with one attached hydrogen (secondary N) is 2. The third-order valence-electron chi connectivity index (χ3n) is 2.74. The predicted molar refractivity (Wildman–Crippen MR) is 86.1 cm³/mol. The van der Waals surface area contributed by atoms with Crippen molar-refractivity contribution in [2.24, 2.45) is 0 Å². The van der Waals surface area contributed by atoms with Crippen molar-refractivity contribution in [3.63, 3.8) is 0 Å². The number of rotatable bonds is 7. The number of nitrogens with zero attached hydrogens (tertiary/aromatic N) is 2. The molecule has 0 saturated carbocycles. The summed E-state index contributed by atoms with van der Waals surface area (Å²) in [5.74, 6) is 2.46. The van der Waals surface area contributed by atoms with E-state index < -0.39 is 0 Å². The largest absolute Gasteiger partial charge is 0.494 e. The Morgan fingerprint density at radius 1 is 1.10 bits per heavy atom. The van der Waals surface area contributed by atoms with Gasteiger partial charge >= 0.3 is 0 Å². The second-order valence-electron chi connectivity index (χ2n) is 4.51. The Morgan fingerprint density at radius 3 is 2.48 bits per heavy atom.